The summed E-state index contributed by atoms with van der Waals surface area (Å²) in [5, 5.41) is 0.588. The van der Waals surface area contributed by atoms with Gasteiger partial charge in [-0.05, 0) is 42.8 Å². The van der Waals surface area contributed by atoms with Crippen molar-refractivity contribution in [3.63, 3.8) is 0 Å². The number of piperazine rings is 1. The third-order valence-corrected chi connectivity index (χ3v) is 6.30. The summed E-state index contributed by atoms with van der Waals surface area (Å²) in [6.07, 6.45) is 3.28. The molecule has 10 heteroatoms. The van der Waals surface area contributed by atoms with Crippen LogP contribution in [0.2, 0.25) is 5.02 Å². The molecule has 0 spiro atoms. The van der Waals surface area contributed by atoms with E-state index in [1.807, 2.05) is 13.0 Å². The van der Waals surface area contributed by atoms with Gasteiger partial charge < -0.3 is 4.90 Å². The summed E-state index contributed by atoms with van der Waals surface area (Å²) in [6.45, 7) is 3.75. The smallest absolute Gasteiger partial charge is 0.302 e. The molecule has 0 aromatic carbocycles. The minimum absolute atomic E-state index is 0.276. The lowest BCUT2D eigenvalue weighted by molar-refractivity contribution is 0.386. The molecule has 0 atom stereocenters. The van der Waals surface area contributed by atoms with Crippen LogP contribution in [0.25, 0.3) is 11.0 Å². The van der Waals surface area contributed by atoms with Crippen molar-refractivity contribution in [3.8, 4) is 0 Å². The van der Waals surface area contributed by atoms with E-state index in [-0.39, 0.29) is 5.82 Å². The molecule has 146 valence electrons. The molecule has 4 rings (SSSR count). The van der Waals surface area contributed by atoms with Crippen molar-refractivity contribution in [1.29, 1.82) is 0 Å². The van der Waals surface area contributed by atoms with Gasteiger partial charge in [0.15, 0.2) is 0 Å². The van der Waals surface area contributed by atoms with Crippen molar-refractivity contribution in [1.82, 2.24) is 19.3 Å². The fraction of sp³-hybridized carbons (Fsp3) is 0.278. The van der Waals surface area contributed by atoms with E-state index in [0.29, 0.717) is 42.2 Å². The highest BCUT2D eigenvalue weighted by Gasteiger charge is 2.28. The molecule has 0 radical (unpaired) electrons. The molecule has 4 heterocycles. The monoisotopic (exact) mass is 418 g/mol. The minimum Gasteiger partial charge on any atom is -0.354 e. The molecule has 1 aliphatic heterocycles. The Hall–Kier alpha value is -2.49. The van der Waals surface area contributed by atoms with E-state index >= 15 is 0 Å². The molecule has 8 nitrogen and oxygen atoms in total. The van der Waals surface area contributed by atoms with Crippen LogP contribution in [0.15, 0.2) is 42.7 Å². The van der Waals surface area contributed by atoms with Crippen molar-refractivity contribution in [2.24, 2.45) is 0 Å². The summed E-state index contributed by atoms with van der Waals surface area (Å²) in [7, 11) is -3.70. The summed E-state index contributed by atoms with van der Waals surface area (Å²) >= 11 is 5.97. The molecule has 0 aliphatic carbocycles. The number of halogens is 1. The summed E-state index contributed by atoms with van der Waals surface area (Å²) < 4.78 is 29.5. The molecule has 0 saturated carbocycles. The summed E-state index contributed by atoms with van der Waals surface area (Å²) in [6, 6.07) is 8.77. The van der Waals surface area contributed by atoms with Crippen LogP contribution in [0.4, 0.5) is 11.6 Å². The number of nitrogens with one attached hydrogen (secondary N) is 1. The SMILES string of the molecule is Cc1cc(Cl)cnc1N1CCN(S(=O)(=O)Nc2ccc3ncccc3n2)CC1. The fourth-order valence-corrected chi connectivity index (χ4v) is 4.58. The molecule has 0 amide bonds. The zero-order chi connectivity index (χ0) is 19.7. The van der Waals surface area contributed by atoms with E-state index in [0.717, 1.165) is 11.4 Å². The van der Waals surface area contributed by atoms with Gasteiger partial charge in [-0.1, -0.05) is 11.6 Å². The van der Waals surface area contributed by atoms with Gasteiger partial charge in [-0.15, -0.1) is 0 Å². The molecule has 3 aromatic heterocycles. The highest BCUT2D eigenvalue weighted by Crippen LogP contribution is 2.22. The molecule has 3 aromatic rings. The van der Waals surface area contributed by atoms with Crippen LogP contribution in [0.5, 0.6) is 0 Å². The minimum atomic E-state index is -3.70. The maximum atomic E-state index is 12.8. The van der Waals surface area contributed by atoms with Crippen LogP contribution in [0.3, 0.4) is 0 Å². The van der Waals surface area contributed by atoms with E-state index in [2.05, 4.69) is 24.6 Å². The van der Waals surface area contributed by atoms with E-state index in [1.165, 1.54) is 4.31 Å². The number of anilines is 2. The number of aryl methyl sites for hydroxylation is 1. The second-order valence-corrected chi connectivity index (χ2v) is 8.63. The average molecular weight is 419 g/mol. The molecular formula is C18H19ClN6O2S. The normalized spacial score (nSPS) is 15.7. The molecule has 0 unspecified atom stereocenters. The summed E-state index contributed by atoms with van der Waals surface area (Å²) in [5.74, 6) is 1.11. The van der Waals surface area contributed by atoms with E-state index < -0.39 is 10.2 Å². The van der Waals surface area contributed by atoms with Gasteiger partial charge in [-0.3, -0.25) is 9.71 Å². The van der Waals surface area contributed by atoms with Crippen molar-refractivity contribution < 1.29 is 8.42 Å². The first-order chi connectivity index (χ1) is 13.4. The molecule has 28 heavy (non-hydrogen) atoms. The lowest BCUT2D eigenvalue weighted by atomic mass is 10.2. The van der Waals surface area contributed by atoms with Crippen LogP contribution in [-0.2, 0) is 10.2 Å². The summed E-state index contributed by atoms with van der Waals surface area (Å²) in [5.41, 5.74) is 2.32. The molecule has 0 bridgehead atoms. The Morgan fingerprint density at radius 2 is 1.86 bits per heavy atom. The number of rotatable bonds is 4. The van der Waals surface area contributed by atoms with Crippen molar-refractivity contribution in [3.05, 3.63) is 53.3 Å². The first kappa shape index (κ1) is 18.9. The Labute approximate surface area is 168 Å². The fourth-order valence-electron chi connectivity index (χ4n) is 3.22. The predicted octanol–water partition coefficient (Wildman–Crippen LogP) is 2.47. The zero-order valence-electron chi connectivity index (χ0n) is 15.2. The third-order valence-electron chi connectivity index (χ3n) is 4.59. The molecule has 1 aliphatic rings. The lowest BCUT2D eigenvalue weighted by Gasteiger charge is -2.35. The molecular weight excluding hydrogens is 400 g/mol. The average Bonchev–Trinajstić information content (AvgIpc) is 2.68. The van der Waals surface area contributed by atoms with Crippen molar-refractivity contribution >= 4 is 44.5 Å². The van der Waals surface area contributed by atoms with Crippen LogP contribution in [-0.4, -0.2) is 53.9 Å². The number of hydrogen-bond acceptors (Lipinski definition) is 6. The largest absolute Gasteiger partial charge is 0.354 e. The van der Waals surface area contributed by atoms with Crippen LogP contribution in [0.1, 0.15) is 5.56 Å². The van der Waals surface area contributed by atoms with Gasteiger partial charge in [-0.25, -0.2) is 9.97 Å². The van der Waals surface area contributed by atoms with Gasteiger partial charge in [0.05, 0.1) is 16.1 Å². The van der Waals surface area contributed by atoms with Gasteiger partial charge in [0, 0.05) is 38.6 Å². The zero-order valence-corrected chi connectivity index (χ0v) is 16.8. The van der Waals surface area contributed by atoms with Crippen LogP contribution < -0.4 is 9.62 Å². The Morgan fingerprint density at radius 3 is 2.61 bits per heavy atom. The van der Waals surface area contributed by atoms with Gasteiger partial charge >= 0.3 is 10.2 Å². The van der Waals surface area contributed by atoms with E-state index in [4.69, 9.17) is 11.6 Å². The standard InChI is InChI=1S/C18H19ClN6O2S/c1-13-11-14(19)12-21-18(13)24-7-9-25(10-8-24)28(26,27)23-17-5-4-15-16(22-17)3-2-6-20-15/h2-6,11-12H,7-10H2,1H3,(H,22,23). The Bertz CT molecular complexity index is 1120. The highest BCUT2D eigenvalue weighted by atomic mass is 35.5. The molecule has 1 N–H and O–H groups in total. The van der Waals surface area contributed by atoms with Gasteiger partial charge in [0.1, 0.15) is 11.6 Å². The van der Waals surface area contributed by atoms with Crippen molar-refractivity contribution in [2.45, 2.75) is 6.92 Å². The first-order valence-electron chi connectivity index (χ1n) is 8.79. The number of fused-ring (bicyclic) bond motifs is 1. The molecule has 1 fully saturated rings. The molecule has 1 saturated heterocycles. The van der Waals surface area contributed by atoms with Gasteiger partial charge in [0.2, 0.25) is 0 Å². The van der Waals surface area contributed by atoms with Crippen LogP contribution in [0, 0.1) is 6.92 Å². The predicted molar refractivity (Wildman–Crippen MR) is 110 cm³/mol. The number of hydrogen-bond donors (Lipinski definition) is 1. The summed E-state index contributed by atoms with van der Waals surface area (Å²) in [4.78, 5) is 15.0. The quantitative estimate of drug-likeness (QED) is 0.699. The van der Waals surface area contributed by atoms with Crippen molar-refractivity contribution in [2.75, 3.05) is 35.8 Å². The number of aromatic nitrogens is 3. The van der Waals surface area contributed by atoms with Gasteiger partial charge in [-0.2, -0.15) is 12.7 Å². The Kier molecular flexibility index (Phi) is 5.05. The maximum Gasteiger partial charge on any atom is 0.302 e. The first-order valence-corrected chi connectivity index (χ1v) is 10.6. The number of nitrogens with zero attached hydrogens (tertiary/aromatic N) is 5. The lowest BCUT2D eigenvalue weighted by Crippen LogP contribution is -2.50. The second-order valence-electron chi connectivity index (χ2n) is 6.53. The topological polar surface area (TPSA) is 91.3 Å². The maximum absolute atomic E-state index is 12.8. The van der Waals surface area contributed by atoms with E-state index in [1.54, 1.807) is 36.7 Å². The second kappa shape index (κ2) is 7.50. The van der Waals surface area contributed by atoms with Gasteiger partial charge in [0.25, 0.3) is 0 Å². The van der Waals surface area contributed by atoms with E-state index in [9.17, 15) is 8.42 Å². The number of pyridine rings is 3. The Morgan fingerprint density at radius 1 is 1.07 bits per heavy atom. The van der Waals surface area contributed by atoms with Crippen LogP contribution >= 0.6 is 11.6 Å². The highest BCUT2D eigenvalue weighted by molar-refractivity contribution is 7.90. The Balaban J connectivity index is 1.45. The third kappa shape index (κ3) is 3.87.